The van der Waals surface area contributed by atoms with E-state index in [0.29, 0.717) is 6.42 Å². The van der Waals surface area contributed by atoms with Gasteiger partial charge in [0, 0.05) is 6.04 Å². The van der Waals surface area contributed by atoms with Crippen LogP contribution >= 0.6 is 0 Å². The molecule has 0 aliphatic carbocycles. The maximum Gasteiger partial charge on any atom is 0.240 e. The second kappa shape index (κ2) is 5.31. The van der Waals surface area contributed by atoms with Crippen molar-refractivity contribution in [1.29, 1.82) is 5.26 Å². The monoisotopic (exact) mass is 223 g/mol. The smallest absolute Gasteiger partial charge is 0.240 e. The van der Waals surface area contributed by atoms with E-state index in [1.165, 1.54) is 0 Å². The van der Waals surface area contributed by atoms with Crippen LogP contribution < -0.4 is 5.32 Å². The molecule has 0 aromatic heterocycles. The first-order chi connectivity index (χ1) is 7.51. The van der Waals surface area contributed by atoms with Gasteiger partial charge in [-0.2, -0.15) is 5.26 Å². The first kappa shape index (κ1) is 13.0. The topological polar surface area (TPSA) is 56.1 Å². The van der Waals surface area contributed by atoms with Crippen molar-refractivity contribution >= 4 is 5.91 Å². The van der Waals surface area contributed by atoms with Crippen LogP contribution in [0.3, 0.4) is 0 Å². The summed E-state index contributed by atoms with van der Waals surface area (Å²) >= 11 is 0. The molecule has 0 radical (unpaired) electrons. The summed E-state index contributed by atoms with van der Waals surface area (Å²) in [4.78, 5) is 14.2. The predicted octanol–water partition coefficient (Wildman–Crippen LogP) is 1.14. The van der Waals surface area contributed by atoms with Crippen LogP contribution in [0.2, 0.25) is 0 Å². The highest BCUT2D eigenvalue weighted by Gasteiger charge is 2.33. The minimum absolute atomic E-state index is 0.118. The van der Waals surface area contributed by atoms with Gasteiger partial charge in [0.2, 0.25) is 5.91 Å². The Morgan fingerprint density at radius 1 is 1.56 bits per heavy atom. The molecule has 0 bridgehead atoms. The normalized spacial score (nSPS) is 22.1. The van der Waals surface area contributed by atoms with Crippen LogP contribution in [0.25, 0.3) is 0 Å². The van der Waals surface area contributed by atoms with Gasteiger partial charge in [-0.1, -0.05) is 6.92 Å². The first-order valence-electron chi connectivity index (χ1n) is 5.92. The average molecular weight is 223 g/mol. The summed E-state index contributed by atoms with van der Waals surface area (Å²) in [5.41, 5.74) is -0.872. The lowest BCUT2D eigenvalue weighted by Crippen LogP contribution is -2.47. The van der Waals surface area contributed by atoms with E-state index in [0.717, 1.165) is 25.9 Å². The van der Waals surface area contributed by atoms with Crippen molar-refractivity contribution < 1.29 is 4.79 Å². The number of piperidine rings is 1. The van der Waals surface area contributed by atoms with E-state index in [-0.39, 0.29) is 11.9 Å². The molecule has 4 heteroatoms. The van der Waals surface area contributed by atoms with Crippen molar-refractivity contribution in [1.82, 2.24) is 10.2 Å². The van der Waals surface area contributed by atoms with Gasteiger partial charge in [0.15, 0.2) is 0 Å². The highest BCUT2D eigenvalue weighted by molar-refractivity contribution is 5.85. The lowest BCUT2D eigenvalue weighted by molar-refractivity contribution is -0.128. The maximum atomic E-state index is 11.9. The van der Waals surface area contributed by atoms with E-state index in [2.05, 4.69) is 23.3 Å². The fraction of sp³-hybridized carbons (Fsp3) is 0.833. The molecule has 1 heterocycles. The van der Waals surface area contributed by atoms with E-state index in [4.69, 9.17) is 5.26 Å². The fourth-order valence-electron chi connectivity index (χ4n) is 1.79. The average Bonchev–Trinajstić information content (AvgIpc) is 2.31. The van der Waals surface area contributed by atoms with Crippen molar-refractivity contribution in [3.63, 3.8) is 0 Å². The molecule has 1 fully saturated rings. The summed E-state index contributed by atoms with van der Waals surface area (Å²) in [7, 11) is 2.09. The number of carbonyl (C=O) groups is 1. The van der Waals surface area contributed by atoms with E-state index >= 15 is 0 Å². The van der Waals surface area contributed by atoms with Crippen LogP contribution in [0.15, 0.2) is 0 Å². The molecule has 1 unspecified atom stereocenters. The Morgan fingerprint density at radius 3 is 2.56 bits per heavy atom. The van der Waals surface area contributed by atoms with Gasteiger partial charge in [0.25, 0.3) is 0 Å². The molecule has 90 valence electrons. The highest BCUT2D eigenvalue weighted by atomic mass is 16.2. The third-order valence-electron chi connectivity index (χ3n) is 3.51. The predicted molar refractivity (Wildman–Crippen MR) is 62.7 cm³/mol. The van der Waals surface area contributed by atoms with Gasteiger partial charge in [-0.05, 0) is 46.3 Å². The number of carbonyl (C=O) groups excluding carboxylic acids is 1. The van der Waals surface area contributed by atoms with Gasteiger partial charge in [-0.3, -0.25) is 4.79 Å². The zero-order valence-electron chi connectivity index (χ0n) is 10.4. The van der Waals surface area contributed by atoms with Crippen LogP contribution in [-0.4, -0.2) is 37.0 Å². The molecule has 0 spiro atoms. The van der Waals surface area contributed by atoms with Crippen molar-refractivity contribution in [2.24, 2.45) is 5.41 Å². The van der Waals surface area contributed by atoms with Gasteiger partial charge >= 0.3 is 0 Å². The summed E-state index contributed by atoms with van der Waals surface area (Å²) in [6, 6.07) is 2.34. The Labute approximate surface area is 97.6 Å². The van der Waals surface area contributed by atoms with Crippen molar-refractivity contribution in [2.75, 3.05) is 20.1 Å². The first-order valence-corrected chi connectivity index (χ1v) is 5.92. The summed E-state index contributed by atoms with van der Waals surface area (Å²) in [5.74, 6) is -0.118. The second-order valence-corrected chi connectivity index (χ2v) is 4.85. The third-order valence-corrected chi connectivity index (χ3v) is 3.51. The van der Waals surface area contributed by atoms with Gasteiger partial charge in [0.1, 0.15) is 5.41 Å². The van der Waals surface area contributed by atoms with E-state index in [1.807, 2.05) is 6.92 Å². The van der Waals surface area contributed by atoms with Crippen molar-refractivity contribution in [3.05, 3.63) is 0 Å². The highest BCUT2D eigenvalue weighted by Crippen LogP contribution is 2.21. The molecule has 1 rings (SSSR count). The lowest BCUT2D eigenvalue weighted by Gasteiger charge is -2.31. The van der Waals surface area contributed by atoms with Crippen molar-refractivity contribution in [3.8, 4) is 6.07 Å². The number of hydrogen-bond acceptors (Lipinski definition) is 3. The summed E-state index contributed by atoms with van der Waals surface area (Å²) in [6.45, 7) is 5.61. The Balaban J connectivity index is 2.49. The molecule has 1 amide bonds. The largest absolute Gasteiger partial charge is 0.352 e. The van der Waals surface area contributed by atoms with Gasteiger partial charge < -0.3 is 10.2 Å². The third kappa shape index (κ3) is 2.96. The van der Waals surface area contributed by atoms with E-state index in [1.54, 1.807) is 6.92 Å². The molecule has 0 saturated carbocycles. The second-order valence-electron chi connectivity index (χ2n) is 4.85. The maximum absolute atomic E-state index is 11.9. The summed E-state index contributed by atoms with van der Waals surface area (Å²) in [5, 5.41) is 12.0. The van der Waals surface area contributed by atoms with Gasteiger partial charge in [-0.25, -0.2) is 0 Å². The summed E-state index contributed by atoms with van der Waals surface area (Å²) in [6.07, 6.45) is 2.52. The Kier molecular flexibility index (Phi) is 4.31. The molecular weight excluding hydrogens is 202 g/mol. The lowest BCUT2D eigenvalue weighted by atomic mass is 9.87. The number of nitrogens with one attached hydrogen (secondary N) is 1. The number of nitrogens with zero attached hydrogens (tertiary/aromatic N) is 2. The van der Waals surface area contributed by atoms with Gasteiger partial charge in [0.05, 0.1) is 6.07 Å². The zero-order valence-corrected chi connectivity index (χ0v) is 10.4. The van der Waals surface area contributed by atoms with Crippen LogP contribution in [0.4, 0.5) is 0 Å². The van der Waals surface area contributed by atoms with E-state index in [9.17, 15) is 4.79 Å². The molecule has 1 aliphatic heterocycles. The zero-order chi connectivity index (χ0) is 12.2. The minimum atomic E-state index is -0.872. The van der Waals surface area contributed by atoms with Crippen LogP contribution in [-0.2, 0) is 4.79 Å². The molecule has 1 saturated heterocycles. The van der Waals surface area contributed by atoms with Crippen LogP contribution in [0, 0.1) is 16.7 Å². The number of nitriles is 1. The molecule has 1 atom stereocenters. The number of hydrogen-bond donors (Lipinski definition) is 1. The molecule has 4 nitrogen and oxygen atoms in total. The van der Waals surface area contributed by atoms with E-state index < -0.39 is 5.41 Å². The Hall–Kier alpha value is -1.08. The van der Waals surface area contributed by atoms with Crippen LogP contribution in [0.1, 0.15) is 33.1 Å². The Morgan fingerprint density at radius 2 is 2.12 bits per heavy atom. The molecule has 16 heavy (non-hydrogen) atoms. The minimum Gasteiger partial charge on any atom is -0.352 e. The van der Waals surface area contributed by atoms with Crippen LogP contribution in [0.5, 0.6) is 0 Å². The molecule has 1 N–H and O–H groups in total. The molecule has 0 aromatic carbocycles. The summed E-state index contributed by atoms with van der Waals surface area (Å²) < 4.78 is 0. The number of amides is 1. The number of rotatable bonds is 3. The SMILES string of the molecule is CCC(C)(C#N)C(=O)NC1CCN(C)CC1. The fourth-order valence-corrected chi connectivity index (χ4v) is 1.79. The number of likely N-dealkylation sites (tertiary alicyclic amines) is 1. The molecule has 1 aliphatic rings. The standard InChI is InChI=1S/C12H21N3O/c1-4-12(2,9-13)11(16)14-10-5-7-15(3)8-6-10/h10H,4-8H2,1-3H3,(H,14,16). The Bertz CT molecular complexity index is 289. The molecule has 0 aromatic rings. The quantitative estimate of drug-likeness (QED) is 0.780. The van der Waals surface area contributed by atoms with Crippen molar-refractivity contribution in [2.45, 2.75) is 39.2 Å². The van der Waals surface area contributed by atoms with Gasteiger partial charge in [-0.15, -0.1) is 0 Å². The molecular formula is C12H21N3O.